The fourth-order valence-corrected chi connectivity index (χ4v) is 4.25. The van der Waals surface area contributed by atoms with Gasteiger partial charge in [0.15, 0.2) is 9.04 Å². The van der Waals surface area contributed by atoms with Crippen molar-refractivity contribution in [1.29, 1.82) is 0 Å². The van der Waals surface area contributed by atoms with Gasteiger partial charge < -0.3 is 4.43 Å². The molecule has 0 aromatic rings. The van der Waals surface area contributed by atoms with Gasteiger partial charge in [0.2, 0.25) is 0 Å². The molecule has 0 amide bonds. The van der Waals surface area contributed by atoms with E-state index in [9.17, 15) is 0 Å². The molecule has 0 rings (SSSR count). The Morgan fingerprint density at radius 3 is 2.17 bits per heavy atom. The topological polar surface area (TPSA) is 9.23 Å². The van der Waals surface area contributed by atoms with E-state index in [4.69, 9.17) is 4.43 Å². The van der Waals surface area contributed by atoms with Crippen LogP contribution >= 0.6 is 0 Å². The lowest BCUT2D eigenvalue weighted by Crippen LogP contribution is -2.22. The highest BCUT2D eigenvalue weighted by atomic mass is 28.3. The van der Waals surface area contributed by atoms with E-state index >= 15 is 0 Å². The van der Waals surface area contributed by atoms with Crippen molar-refractivity contribution in [3.63, 3.8) is 0 Å². The van der Waals surface area contributed by atoms with Gasteiger partial charge >= 0.3 is 0 Å². The monoisotopic (exact) mass is 188 g/mol. The maximum absolute atomic E-state index is 5.57. The second-order valence-corrected chi connectivity index (χ2v) is 7.47. The Balaban J connectivity index is 3.67. The first-order valence-corrected chi connectivity index (χ1v) is 7.13. The Kier molecular flexibility index (Phi) is 5.84. The third kappa shape index (κ3) is 6.86. The molecule has 0 N–H and O–H groups in total. The van der Waals surface area contributed by atoms with E-state index in [1.54, 1.807) is 0 Å². The van der Waals surface area contributed by atoms with Gasteiger partial charge in [0.1, 0.15) is 0 Å². The standard InChI is InChI=1S/C10H24OSi/c1-6-7-8-12(11-5)9-10(2,3)4/h12H,6-9H2,1-5H3. The van der Waals surface area contributed by atoms with Crippen LogP contribution in [0.5, 0.6) is 0 Å². The summed E-state index contributed by atoms with van der Waals surface area (Å²) in [7, 11) is 1.03. The number of hydrogen-bond donors (Lipinski definition) is 0. The average molecular weight is 188 g/mol. The SMILES string of the molecule is CCCC[SiH](CC(C)(C)C)OC. The van der Waals surface area contributed by atoms with Gasteiger partial charge in [-0.25, -0.2) is 0 Å². The zero-order valence-corrected chi connectivity index (χ0v) is 10.5. The lowest BCUT2D eigenvalue weighted by Gasteiger charge is -2.23. The quantitative estimate of drug-likeness (QED) is 0.602. The summed E-state index contributed by atoms with van der Waals surface area (Å²) >= 11 is 0. The van der Waals surface area contributed by atoms with E-state index < -0.39 is 9.04 Å². The molecule has 0 aromatic carbocycles. The van der Waals surface area contributed by atoms with Crippen molar-refractivity contribution in [2.75, 3.05) is 7.11 Å². The molecule has 0 spiro atoms. The average Bonchev–Trinajstić information content (AvgIpc) is 1.95. The highest BCUT2D eigenvalue weighted by molar-refractivity contribution is 6.51. The molecular formula is C10H24OSi. The largest absolute Gasteiger partial charge is 0.423 e. The zero-order chi connectivity index (χ0) is 9.61. The molecule has 0 aromatic heterocycles. The molecule has 0 bridgehead atoms. The molecule has 2 heteroatoms. The van der Waals surface area contributed by atoms with E-state index in [0.29, 0.717) is 5.41 Å². The van der Waals surface area contributed by atoms with Gasteiger partial charge in [-0.15, -0.1) is 0 Å². The maximum atomic E-state index is 5.57. The molecule has 74 valence electrons. The first-order chi connectivity index (χ1) is 5.49. The minimum atomic E-state index is -0.856. The van der Waals surface area contributed by atoms with Crippen molar-refractivity contribution in [3.05, 3.63) is 0 Å². The molecule has 0 fully saturated rings. The minimum absolute atomic E-state index is 0.459. The highest BCUT2D eigenvalue weighted by Gasteiger charge is 2.19. The van der Waals surface area contributed by atoms with Gasteiger partial charge in [-0.1, -0.05) is 40.5 Å². The van der Waals surface area contributed by atoms with Crippen LogP contribution in [0.3, 0.4) is 0 Å². The summed E-state index contributed by atoms with van der Waals surface area (Å²) in [5, 5.41) is 0. The van der Waals surface area contributed by atoms with Crippen molar-refractivity contribution in [1.82, 2.24) is 0 Å². The van der Waals surface area contributed by atoms with Crippen LogP contribution in [-0.4, -0.2) is 16.2 Å². The second kappa shape index (κ2) is 5.76. The van der Waals surface area contributed by atoms with Gasteiger partial charge in [-0.3, -0.25) is 0 Å². The van der Waals surface area contributed by atoms with Crippen LogP contribution in [0.4, 0.5) is 0 Å². The molecule has 0 heterocycles. The Labute approximate surface area is 79.2 Å². The molecule has 0 saturated carbocycles. The Morgan fingerprint density at radius 1 is 1.25 bits per heavy atom. The Morgan fingerprint density at radius 2 is 1.83 bits per heavy atom. The van der Waals surface area contributed by atoms with Crippen molar-refractivity contribution >= 4 is 9.04 Å². The van der Waals surface area contributed by atoms with Gasteiger partial charge in [-0.05, 0) is 17.5 Å². The molecule has 0 saturated heterocycles. The molecule has 1 atom stereocenters. The van der Waals surface area contributed by atoms with Gasteiger partial charge in [0.05, 0.1) is 0 Å². The van der Waals surface area contributed by atoms with Crippen LogP contribution in [0.1, 0.15) is 40.5 Å². The number of hydrogen-bond acceptors (Lipinski definition) is 1. The van der Waals surface area contributed by atoms with Crippen molar-refractivity contribution in [3.8, 4) is 0 Å². The van der Waals surface area contributed by atoms with E-state index in [-0.39, 0.29) is 0 Å². The van der Waals surface area contributed by atoms with Crippen LogP contribution in [0.2, 0.25) is 12.1 Å². The summed E-state index contributed by atoms with van der Waals surface area (Å²) in [5.74, 6) is 0. The first-order valence-electron chi connectivity index (χ1n) is 5.02. The van der Waals surface area contributed by atoms with Crippen LogP contribution in [0, 0.1) is 5.41 Å². The predicted octanol–water partition coefficient (Wildman–Crippen LogP) is 3.20. The predicted molar refractivity (Wildman–Crippen MR) is 58.1 cm³/mol. The smallest absolute Gasteiger partial charge is 0.176 e. The second-order valence-electron chi connectivity index (χ2n) is 4.76. The summed E-state index contributed by atoms with van der Waals surface area (Å²) < 4.78 is 5.57. The summed E-state index contributed by atoms with van der Waals surface area (Å²) in [6.07, 6.45) is 2.65. The first kappa shape index (κ1) is 12.2. The van der Waals surface area contributed by atoms with E-state index in [0.717, 1.165) is 0 Å². The highest BCUT2D eigenvalue weighted by Crippen LogP contribution is 2.24. The molecule has 0 radical (unpaired) electrons. The maximum Gasteiger partial charge on any atom is 0.176 e. The van der Waals surface area contributed by atoms with Crippen LogP contribution in [-0.2, 0) is 4.43 Å². The lowest BCUT2D eigenvalue weighted by atomic mass is 10.0. The van der Waals surface area contributed by atoms with E-state index in [1.807, 2.05) is 7.11 Å². The van der Waals surface area contributed by atoms with Crippen LogP contribution in [0.25, 0.3) is 0 Å². The molecule has 0 aliphatic heterocycles. The van der Waals surface area contributed by atoms with E-state index in [1.165, 1.54) is 24.9 Å². The van der Waals surface area contributed by atoms with Gasteiger partial charge in [-0.2, -0.15) is 0 Å². The van der Waals surface area contributed by atoms with Crippen molar-refractivity contribution in [2.24, 2.45) is 5.41 Å². The number of unbranched alkanes of at least 4 members (excludes halogenated alkanes) is 1. The third-order valence-electron chi connectivity index (χ3n) is 2.05. The fourth-order valence-electron chi connectivity index (χ4n) is 1.42. The van der Waals surface area contributed by atoms with Gasteiger partial charge in [0.25, 0.3) is 0 Å². The number of rotatable bonds is 5. The summed E-state index contributed by atoms with van der Waals surface area (Å²) in [4.78, 5) is 0. The molecule has 0 aliphatic carbocycles. The van der Waals surface area contributed by atoms with E-state index in [2.05, 4.69) is 27.7 Å². The zero-order valence-electron chi connectivity index (χ0n) is 9.31. The normalized spacial score (nSPS) is 14.8. The molecule has 12 heavy (non-hydrogen) atoms. The molecular weight excluding hydrogens is 164 g/mol. The van der Waals surface area contributed by atoms with Crippen molar-refractivity contribution < 1.29 is 4.43 Å². The minimum Gasteiger partial charge on any atom is -0.423 e. The molecule has 1 nitrogen and oxygen atoms in total. The molecule has 0 aliphatic rings. The van der Waals surface area contributed by atoms with Gasteiger partial charge in [0, 0.05) is 7.11 Å². The van der Waals surface area contributed by atoms with Crippen LogP contribution in [0.15, 0.2) is 0 Å². The Hall–Kier alpha value is 0.177. The lowest BCUT2D eigenvalue weighted by molar-refractivity contribution is 0.377. The Bertz CT molecular complexity index is 107. The summed E-state index contributed by atoms with van der Waals surface area (Å²) in [5.41, 5.74) is 0.459. The summed E-state index contributed by atoms with van der Waals surface area (Å²) in [6.45, 7) is 9.16. The molecule has 1 unspecified atom stereocenters. The van der Waals surface area contributed by atoms with Crippen molar-refractivity contribution in [2.45, 2.75) is 52.6 Å². The summed E-state index contributed by atoms with van der Waals surface area (Å²) in [6, 6.07) is 2.66. The third-order valence-corrected chi connectivity index (χ3v) is 5.45. The van der Waals surface area contributed by atoms with Crippen LogP contribution < -0.4 is 0 Å². The fraction of sp³-hybridized carbons (Fsp3) is 1.00.